The molecule has 1 heterocycles. The average molecular weight is 203 g/mol. The first-order valence-electron chi connectivity index (χ1n) is 4.83. The van der Waals surface area contributed by atoms with Gasteiger partial charge in [-0.1, -0.05) is 12.1 Å². The van der Waals surface area contributed by atoms with Gasteiger partial charge in [-0.15, -0.1) is 0 Å². The molecule has 0 aliphatic rings. The molecule has 0 bridgehead atoms. The number of fused-ring (bicyclic) bond motifs is 1. The Morgan fingerprint density at radius 2 is 1.93 bits per heavy atom. The van der Waals surface area contributed by atoms with Crippen LogP contribution in [0.25, 0.3) is 10.9 Å². The zero-order chi connectivity index (χ0) is 11.0. The van der Waals surface area contributed by atoms with Gasteiger partial charge in [-0.05, 0) is 31.0 Å². The monoisotopic (exact) mass is 203 g/mol. The van der Waals surface area contributed by atoms with Gasteiger partial charge in [0.15, 0.2) is 0 Å². The molecule has 2 N–H and O–H groups in total. The van der Waals surface area contributed by atoms with Crippen molar-refractivity contribution < 1.29 is 10.2 Å². The van der Waals surface area contributed by atoms with E-state index in [1.807, 2.05) is 26.0 Å². The number of aromatic nitrogens is 1. The summed E-state index contributed by atoms with van der Waals surface area (Å²) in [5.41, 5.74) is 3.03. The lowest BCUT2D eigenvalue weighted by atomic mass is 10.0. The standard InChI is InChI=1S/C12H13NO2/c1-7-5-8(2)12(15)11-10(7)4-3-9(6-14)13-11/h3-5,14-15H,6H2,1-2H3. The molecule has 0 radical (unpaired) electrons. The average Bonchev–Trinajstić information content (AvgIpc) is 2.25. The SMILES string of the molecule is Cc1cc(C)c2ccc(CO)nc2c1O. The highest BCUT2D eigenvalue weighted by atomic mass is 16.3. The van der Waals surface area contributed by atoms with E-state index in [4.69, 9.17) is 5.11 Å². The number of hydrogen-bond donors (Lipinski definition) is 2. The summed E-state index contributed by atoms with van der Waals surface area (Å²) in [6.45, 7) is 3.71. The zero-order valence-corrected chi connectivity index (χ0v) is 8.78. The van der Waals surface area contributed by atoms with E-state index in [0.29, 0.717) is 11.2 Å². The van der Waals surface area contributed by atoms with Crippen LogP contribution in [0.5, 0.6) is 5.75 Å². The Morgan fingerprint density at radius 1 is 1.20 bits per heavy atom. The number of rotatable bonds is 1. The van der Waals surface area contributed by atoms with Gasteiger partial charge in [0, 0.05) is 5.39 Å². The summed E-state index contributed by atoms with van der Waals surface area (Å²) in [5, 5.41) is 19.8. The van der Waals surface area contributed by atoms with Gasteiger partial charge in [0.05, 0.1) is 12.3 Å². The van der Waals surface area contributed by atoms with Crippen molar-refractivity contribution in [2.75, 3.05) is 0 Å². The maximum Gasteiger partial charge on any atom is 0.144 e. The fraction of sp³-hybridized carbons (Fsp3) is 0.250. The van der Waals surface area contributed by atoms with E-state index < -0.39 is 0 Å². The molecular weight excluding hydrogens is 190 g/mol. The van der Waals surface area contributed by atoms with Crippen LogP contribution in [0.1, 0.15) is 16.8 Å². The molecule has 3 nitrogen and oxygen atoms in total. The fourth-order valence-electron chi connectivity index (χ4n) is 1.74. The summed E-state index contributed by atoms with van der Waals surface area (Å²) in [6, 6.07) is 5.57. The Kier molecular flexibility index (Phi) is 2.32. The number of nitrogens with zero attached hydrogens (tertiary/aromatic N) is 1. The Hall–Kier alpha value is -1.61. The number of aliphatic hydroxyl groups is 1. The Labute approximate surface area is 88.0 Å². The molecule has 3 heteroatoms. The smallest absolute Gasteiger partial charge is 0.144 e. The van der Waals surface area contributed by atoms with E-state index in [2.05, 4.69) is 4.98 Å². The minimum Gasteiger partial charge on any atom is -0.505 e. The van der Waals surface area contributed by atoms with Crippen LogP contribution in [0.4, 0.5) is 0 Å². The van der Waals surface area contributed by atoms with Crippen molar-refractivity contribution in [1.29, 1.82) is 0 Å². The highest BCUT2D eigenvalue weighted by Gasteiger charge is 2.08. The molecule has 0 atom stereocenters. The van der Waals surface area contributed by atoms with Crippen LogP contribution in [0.15, 0.2) is 18.2 Å². The Morgan fingerprint density at radius 3 is 2.60 bits per heavy atom. The number of aryl methyl sites for hydroxylation is 2. The van der Waals surface area contributed by atoms with Crippen molar-refractivity contribution >= 4 is 10.9 Å². The van der Waals surface area contributed by atoms with Crippen molar-refractivity contribution in [3.63, 3.8) is 0 Å². The normalized spacial score (nSPS) is 10.9. The van der Waals surface area contributed by atoms with Gasteiger partial charge >= 0.3 is 0 Å². The van der Waals surface area contributed by atoms with Gasteiger partial charge in [-0.2, -0.15) is 0 Å². The van der Waals surface area contributed by atoms with E-state index in [1.165, 1.54) is 0 Å². The minimum absolute atomic E-state index is 0.109. The molecule has 0 saturated carbocycles. The van der Waals surface area contributed by atoms with Gasteiger partial charge in [-0.25, -0.2) is 4.98 Å². The first-order chi connectivity index (χ1) is 7.13. The van der Waals surface area contributed by atoms with Crippen molar-refractivity contribution in [1.82, 2.24) is 4.98 Å². The number of aliphatic hydroxyl groups excluding tert-OH is 1. The van der Waals surface area contributed by atoms with E-state index >= 15 is 0 Å². The highest BCUT2D eigenvalue weighted by molar-refractivity contribution is 5.88. The molecule has 15 heavy (non-hydrogen) atoms. The summed E-state index contributed by atoms with van der Waals surface area (Å²) >= 11 is 0. The first-order valence-corrected chi connectivity index (χ1v) is 4.83. The molecule has 0 spiro atoms. The Balaban J connectivity index is 2.85. The van der Waals surface area contributed by atoms with E-state index in [1.54, 1.807) is 6.07 Å². The molecular formula is C12H13NO2. The molecule has 1 aromatic carbocycles. The van der Waals surface area contributed by atoms with Gasteiger partial charge in [0.1, 0.15) is 11.3 Å². The predicted molar refractivity (Wildman–Crippen MR) is 58.8 cm³/mol. The largest absolute Gasteiger partial charge is 0.505 e. The molecule has 0 aliphatic carbocycles. The number of aromatic hydroxyl groups is 1. The minimum atomic E-state index is -0.109. The third-order valence-electron chi connectivity index (χ3n) is 2.57. The topological polar surface area (TPSA) is 53.4 Å². The van der Waals surface area contributed by atoms with Crippen LogP contribution >= 0.6 is 0 Å². The molecule has 0 aliphatic heterocycles. The highest BCUT2D eigenvalue weighted by Crippen LogP contribution is 2.29. The van der Waals surface area contributed by atoms with Crippen LogP contribution in [0.3, 0.4) is 0 Å². The van der Waals surface area contributed by atoms with Crippen molar-refractivity contribution in [3.8, 4) is 5.75 Å². The molecule has 0 saturated heterocycles. The van der Waals surface area contributed by atoms with Crippen LogP contribution in [0.2, 0.25) is 0 Å². The van der Waals surface area contributed by atoms with Crippen LogP contribution in [-0.2, 0) is 6.61 Å². The first kappa shape index (κ1) is 9.93. The summed E-state index contributed by atoms with van der Waals surface area (Å²) < 4.78 is 0. The van der Waals surface area contributed by atoms with Gasteiger partial charge < -0.3 is 10.2 Å². The van der Waals surface area contributed by atoms with Crippen molar-refractivity contribution in [2.24, 2.45) is 0 Å². The van der Waals surface area contributed by atoms with Gasteiger partial charge in [-0.3, -0.25) is 0 Å². The van der Waals surface area contributed by atoms with Gasteiger partial charge in [0.2, 0.25) is 0 Å². The summed E-state index contributed by atoms with van der Waals surface area (Å²) in [6.07, 6.45) is 0. The molecule has 78 valence electrons. The molecule has 1 aromatic heterocycles. The maximum absolute atomic E-state index is 9.86. The Bertz CT molecular complexity index is 521. The maximum atomic E-state index is 9.86. The third-order valence-corrected chi connectivity index (χ3v) is 2.57. The fourth-order valence-corrected chi connectivity index (χ4v) is 1.74. The summed E-state index contributed by atoms with van der Waals surface area (Å²) in [7, 11) is 0. The lowest BCUT2D eigenvalue weighted by Gasteiger charge is -2.08. The number of hydrogen-bond acceptors (Lipinski definition) is 3. The quantitative estimate of drug-likeness (QED) is 0.745. The number of pyridine rings is 1. The predicted octanol–water partition coefficient (Wildman–Crippen LogP) is 2.05. The van der Waals surface area contributed by atoms with Crippen LogP contribution in [-0.4, -0.2) is 15.2 Å². The van der Waals surface area contributed by atoms with Crippen LogP contribution < -0.4 is 0 Å². The van der Waals surface area contributed by atoms with Crippen molar-refractivity contribution in [3.05, 3.63) is 35.0 Å². The molecule has 0 amide bonds. The molecule has 0 unspecified atom stereocenters. The second-order valence-electron chi connectivity index (χ2n) is 3.72. The summed E-state index contributed by atoms with van der Waals surface area (Å²) in [4.78, 5) is 4.21. The molecule has 2 rings (SSSR count). The lowest BCUT2D eigenvalue weighted by molar-refractivity contribution is 0.277. The third kappa shape index (κ3) is 1.55. The molecule has 2 aromatic rings. The van der Waals surface area contributed by atoms with E-state index in [-0.39, 0.29) is 12.4 Å². The van der Waals surface area contributed by atoms with E-state index in [9.17, 15) is 5.11 Å². The van der Waals surface area contributed by atoms with Crippen molar-refractivity contribution in [2.45, 2.75) is 20.5 Å². The molecule has 0 fully saturated rings. The number of phenols is 1. The van der Waals surface area contributed by atoms with E-state index in [0.717, 1.165) is 16.5 Å². The second-order valence-corrected chi connectivity index (χ2v) is 3.72. The van der Waals surface area contributed by atoms with Crippen LogP contribution in [0, 0.1) is 13.8 Å². The lowest BCUT2D eigenvalue weighted by Crippen LogP contribution is -1.92. The zero-order valence-electron chi connectivity index (χ0n) is 8.78. The number of benzene rings is 1. The number of phenolic OH excluding ortho intramolecular Hbond substituents is 1. The second kappa shape index (κ2) is 3.51. The van der Waals surface area contributed by atoms with Gasteiger partial charge in [0.25, 0.3) is 0 Å². The summed E-state index contributed by atoms with van der Waals surface area (Å²) in [5.74, 6) is 0.200.